The lowest BCUT2D eigenvalue weighted by atomic mass is 9.80. The van der Waals surface area contributed by atoms with E-state index in [0.29, 0.717) is 18.2 Å². The molecule has 2 aromatic rings. The second kappa shape index (κ2) is 9.71. The SMILES string of the molecule is CC1(C2CCN(Cc3ccc(OCC(=O)O)cc3)CC2)CN(c2ccccc2)C(=O)CO1. The first-order valence-corrected chi connectivity index (χ1v) is 11.1. The largest absolute Gasteiger partial charge is 0.482 e. The lowest BCUT2D eigenvalue weighted by Gasteiger charge is -2.47. The fourth-order valence-electron chi connectivity index (χ4n) is 4.64. The van der Waals surface area contributed by atoms with Crippen LogP contribution in [0, 0.1) is 5.92 Å². The van der Waals surface area contributed by atoms with Gasteiger partial charge in [-0.1, -0.05) is 30.3 Å². The van der Waals surface area contributed by atoms with Crippen molar-refractivity contribution in [2.45, 2.75) is 31.9 Å². The number of amides is 1. The van der Waals surface area contributed by atoms with Gasteiger partial charge in [0.2, 0.25) is 0 Å². The molecule has 0 saturated carbocycles. The monoisotopic (exact) mass is 438 g/mol. The zero-order valence-corrected chi connectivity index (χ0v) is 18.4. The molecule has 2 saturated heterocycles. The summed E-state index contributed by atoms with van der Waals surface area (Å²) < 4.78 is 11.3. The van der Waals surface area contributed by atoms with E-state index in [4.69, 9.17) is 14.6 Å². The van der Waals surface area contributed by atoms with Crippen molar-refractivity contribution in [3.63, 3.8) is 0 Å². The fourth-order valence-corrected chi connectivity index (χ4v) is 4.64. The van der Waals surface area contributed by atoms with Gasteiger partial charge in [0.1, 0.15) is 12.4 Å². The highest BCUT2D eigenvalue weighted by molar-refractivity contribution is 5.95. The molecule has 1 atom stereocenters. The minimum absolute atomic E-state index is 0.0156. The Balaban J connectivity index is 1.31. The van der Waals surface area contributed by atoms with Crippen LogP contribution < -0.4 is 9.64 Å². The number of carboxylic acids is 1. The average Bonchev–Trinajstić information content (AvgIpc) is 2.81. The summed E-state index contributed by atoms with van der Waals surface area (Å²) in [4.78, 5) is 27.4. The molecule has 2 fully saturated rings. The van der Waals surface area contributed by atoms with Crippen LogP contribution >= 0.6 is 0 Å². The zero-order chi connectivity index (χ0) is 22.6. The highest BCUT2D eigenvalue weighted by Crippen LogP contribution is 2.36. The van der Waals surface area contributed by atoms with Crippen LogP contribution in [0.4, 0.5) is 5.69 Å². The van der Waals surface area contributed by atoms with E-state index in [9.17, 15) is 9.59 Å². The number of piperidine rings is 1. The number of nitrogens with zero attached hydrogens (tertiary/aromatic N) is 2. The molecular weight excluding hydrogens is 408 g/mol. The smallest absolute Gasteiger partial charge is 0.341 e. The van der Waals surface area contributed by atoms with Crippen LogP contribution in [0.25, 0.3) is 0 Å². The van der Waals surface area contributed by atoms with E-state index < -0.39 is 5.97 Å². The molecule has 1 unspecified atom stereocenters. The molecule has 2 aliphatic rings. The molecule has 7 nitrogen and oxygen atoms in total. The van der Waals surface area contributed by atoms with Gasteiger partial charge >= 0.3 is 5.97 Å². The Kier molecular flexibility index (Phi) is 6.77. The number of carboxylic acid groups (broad SMARTS) is 1. The number of aliphatic carboxylic acids is 1. The Hall–Kier alpha value is -2.90. The molecule has 0 radical (unpaired) electrons. The van der Waals surface area contributed by atoms with Crippen LogP contribution in [0.1, 0.15) is 25.3 Å². The van der Waals surface area contributed by atoms with Crippen LogP contribution in [-0.2, 0) is 20.9 Å². The van der Waals surface area contributed by atoms with Gasteiger partial charge in [-0.25, -0.2) is 4.79 Å². The molecule has 2 heterocycles. The van der Waals surface area contributed by atoms with Crippen molar-refractivity contribution in [1.82, 2.24) is 4.90 Å². The number of carbonyl (C=O) groups excluding carboxylic acids is 1. The van der Waals surface area contributed by atoms with Crippen molar-refractivity contribution in [2.24, 2.45) is 5.92 Å². The molecule has 2 aromatic carbocycles. The van der Waals surface area contributed by atoms with Gasteiger partial charge in [-0.2, -0.15) is 0 Å². The molecule has 4 rings (SSSR count). The number of hydrogen-bond donors (Lipinski definition) is 1. The van der Waals surface area contributed by atoms with Gasteiger partial charge < -0.3 is 19.5 Å². The van der Waals surface area contributed by atoms with Crippen LogP contribution in [0.2, 0.25) is 0 Å². The minimum Gasteiger partial charge on any atom is -0.482 e. The predicted octanol–water partition coefficient (Wildman–Crippen LogP) is 3.18. The van der Waals surface area contributed by atoms with Crippen molar-refractivity contribution < 1.29 is 24.2 Å². The van der Waals surface area contributed by atoms with E-state index >= 15 is 0 Å². The second-order valence-electron chi connectivity index (χ2n) is 8.79. The van der Waals surface area contributed by atoms with Gasteiger partial charge in [-0.05, 0) is 68.6 Å². The lowest BCUT2D eigenvalue weighted by molar-refractivity contribution is -0.146. The normalized spacial score (nSPS) is 22.7. The first-order valence-electron chi connectivity index (χ1n) is 11.1. The Morgan fingerprint density at radius 2 is 1.81 bits per heavy atom. The summed E-state index contributed by atoms with van der Waals surface area (Å²) in [5.74, 6) is -0.00894. The van der Waals surface area contributed by atoms with Crippen molar-refractivity contribution >= 4 is 17.6 Å². The molecule has 1 N–H and O–H groups in total. The van der Waals surface area contributed by atoms with Gasteiger partial charge in [0, 0.05) is 12.2 Å². The number of anilines is 1. The predicted molar refractivity (Wildman–Crippen MR) is 121 cm³/mol. The first-order chi connectivity index (χ1) is 15.4. The van der Waals surface area contributed by atoms with Crippen LogP contribution in [0.3, 0.4) is 0 Å². The van der Waals surface area contributed by atoms with Gasteiger partial charge in [-0.15, -0.1) is 0 Å². The van der Waals surface area contributed by atoms with Crippen molar-refractivity contribution in [2.75, 3.05) is 37.7 Å². The maximum atomic E-state index is 12.5. The van der Waals surface area contributed by atoms with E-state index in [1.54, 1.807) is 0 Å². The Labute approximate surface area is 188 Å². The van der Waals surface area contributed by atoms with Crippen LogP contribution in [-0.4, -0.2) is 60.3 Å². The molecule has 32 heavy (non-hydrogen) atoms. The molecule has 1 amide bonds. The average molecular weight is 439 g/mol. The molecule has 0 aromatic heterocycles. The number of likely N-dealkylation sites (tertiary alicyclic amines) is 1. The summed E-state index contributed by atoms with van der Waals surface area (Å²) >= 11 is 0. The van der Waals surface area contributed by atoms with E-state index in [1.165, 1.54) is 5.56 Å². The van der Waals surface area contributed by atoms with E-state index in [2.05, 4.69) is 11.8 Å². The fraction of sp³-hybridized carbons (Fsp3) is 0.440. The van der Waals surface area contributed by atoms with Crippen LogP contribution in [0.5, 0.6) is 5.75 Å². The zero-order valence-electron chi connectivity index (χ0n) is 18.4. The van der Waals surface area contributed by atoms with Gasteiger partial charge in [0.25, 0.3) is 5.91 Å². The summed E-state index contributed by atoms with van der Waals surface area (Å²) in [6.07, 6.45) is 2.04. The van der Waals surface area contributed by atoms with Crippen molar-refractivity contribution in [3.05, 3.63) is 60.2 Å². The molecular formula is C25H30N2O5. The summed E-state index contributed by atoms with van der Waals surface area (Å²) in [6, 6.07) is 17.4. The van der Waals surface area contributed by atoms with E-state index in [-0.39, 0.29) is 24.7 Å². The maximum Gasteiger partial charge on any atom is 0.341 e. The summed E-state index contributed by atoms with van der Waals surface area (Å²) in [6.45, 7) is 5.31. The molecule has 0 aliphatic carbocycles. The Morgan fingerprint density at radius 1 is 1.12 bits per heavy atom. The van der Waals surface area contributed by atoms with Crippen molar-refractivity contribution in [1.29, 1.82) is 0 Å². The maximum absolute atomic E-state index is 12.5. The highest BCUT2D eigenvalue weighted by atomic mass is 16.5. The number of para-hydroxylation sites is 1. The van der Waals surface area contributed by atoms with E-state index in [0.717, 1.165) is 38.2 Å². The summed E-state index contributed by atoms with van der Waals surface area (Å²) in [5.41, 5.74) is 1.76. The third-order valence-electron chi connectivity index (χ3n) is 6.51. The third-order valence-corrected chi connectivity index (χ3v) is 6.51. The van der Waals surface area contributed by atoms with Gasteiger partial charge in [0.15, 0.2) is 6.61 Å². The number of benzene rings is 2. The topological polar surface area (TPSA) is 79.3 Å². The summed E-state index contributed by atoms with van der Waals surface area (Å²) in [5, 5.41) is 8.71. The molecule has 0 spiro atoms. The molecule has 170 valence electrons. The molecule has 7 heteroatoms. The lowest BCUT2D eigenvalue weighted by Crippen LogP contribution is -2.58. The highest BCUT2D eigenvalue weighted by Gasteiger charge is 2.43. The Bertz CT molecular complexity index is 925. The molecule has 2 aliphatic heterocycles. The number of rotatable bonds is 7. The van der Waals surface area contributed by atoms with E-state index in [1.807, 2.05) is 59.5 Å². The minimum atomic E-state index is -0.983. The number of hydrogen-bond acceptors (Lipinski definition) is 5. The van der Waals surface area contributed by atoms with Gasteiger partial charge in [0.05, 0.1) is 12.1 Å². The Morgan fingerprint density at radius 3 is 2.47 bits per heavy atom. The van der Waals surface area contributed by atoms with Crippen molar-refractivity contribution in [3.8, 4) is 5.75 Å². The quantitative estimate of drug-likeness (QED) is 0.715. The summed E-state index contributed by atoms with van der Waals surface area (Å²) in [7, 11) is 0. The van der Waals surface area contributed by atoms with Gasteiger partial charge in [-0.3, -0.25) is 9.69 Å². The molecule has 0 bridgehead atoms. The van der Waals surface area contributed by atoms with Crippen LogP contribution in [0.15, 0.2) is 54.6 Å². The first kappa shape index (κ1) is 22.3. The number of ether oxygens (including phenoxy) is 2. The third kappa shape index (κ3) is 5.29. The number of carbonyl (C=O) groups is 2. The second-order valence-corrected chi connectivity index (χ2v) is 8.79. The number of morpholine rings is 1. The standard InChI is InChI=1S/C25H30N2O5/c1-25(18-27(23(28)16-32-25)21-5-3-2-4-6-21)20-11-13-26(14-12-20)15-19-7-9-22(10-8-19)31-17-24(29)30/h2-10,20H,11-18H2,1H3,(H,29,30).